The molecule has 418 valence electrons. The smallest absolute Gasteiger partial charge is 0.316 e. The van der Waals surface area contributed by atoms with Crippen molar-refractivity contribution < 1.29 is 34.1 Å². The number of aryl methyl sites for hydroxylation is 4. The van der Waals surface area contributed by atoms with Crippen molar-refractivity contribution in [2.75, 3.05) is 56.4 Å². The Balaban J connectivity index is 0.000000174. The Bertz CT molecular complexity index is 2770. The maximum atomic E-state index is 13.3. The van der Waals surface area contributed by atoms with E-state index in [1.165, 1.54) is 29.7 Å². The fourth-order valence-electron chi connectivity index (χ4n) is 11.2. The fraction of sp³-hybridized carbons (Fsp3) is 0.439. The fourth-order valence-corrected chi connectivity index (χ4v) is 11.2. The van der Waals surface area contributed by atoms with Gasteiger partial charge in [-0.2, -0.15) is 0 Å². The van der Waals surface area contributed by atoms with Crippen LogP contribution in [0.2, 0.25) is 0 Å². The van der Waals surface area contributed by atoms with Crippen LogP contribution in [-0.2, 0) is 62.8 Å². The average molecular weight is 1070 g/mol. The first kappa shape index (κ1) is 58.4. The lowest BCUT2D eigenvalue weighted by Gasteiger charge is -2.42. The number of aldehydes is 1. The molecule has 0 bridgehead atoms. The molecule has 4 aliphatic heterocycles. The summed E-state index contributed by atoms with van der Waals surface area (Å²) in [4.78, 5) is 48.2. The number of carbonyl (C=O) groups excluding carboxylic acids is 3. The second-order valence-corrected chi connectivity index (χ2v) is 21.6. The minimum Gasteiger partial charge on any atom is -0.460 e. The minimum absolute atomic E-state index is 0.211. The largest absolute Gasteiger partial charge is 0.460 e. The molecular formula is C66H82N6O7. The number of aromatic nitrogens is 2. The molecule has 2 fully saturated rings. The number of rotatable bonds is 21. The molecule has 2 aromatic heterocycles. The van der Waals surface area contributed by atoms with E-state index in [9.17, 15) is 24.6 Å². The van der Waals surface area contributed by atoms with E-state index in [0.717, 1.165) is 136 Å². The van der Waals surface area contributed by atoms with E-state index in [2.05, 4.69) is 50.1 Å². The number of fused-ring (bicyclic) bond motifs is 2. The number of hydrogen-bond acceptors (Lipinski definition) is 13. The maximum absolute atomic E-state index is 13.3. The number of unbranched alkanes of at least 4 members (excludes halogenated alkanes) is 4. The highest BCUT2D eigenvalue weighted by Gasteiger charge is 2.46. The number of esters is 2. The van der Waals surface area contributed by atoms with Crippen molar-refractivity contribution in [3.63, 3.8) is 0 Å². The Labute approximate surface area is 468 Å². The van der Waals surface area contributed by atoms with E-state index >= 15 is 0 Å². The molecule has 2 unspecified atom stereocenters. The van der Waals surface area contributed by atoms with E-state index in [4.69, 9.17) is 14.5 Å². The molecule has 6 aromatic rings. The highest BCUT2D eigenvalue weighted by Crippen LogP contribution is 2.39. The summed E-state index contributed by atoms with van der Waals surface area (Å²) in [5, 5.41) is 32.9. The van der Waals surface area contributed by atoms with Gasteiger partial charge in [-0.05, 0) is 155 Å². The van der Waals surface area contributed by atoms with Gasteiger partial charge in [0.15, 0.2) is 0 Å². The van der Waals surface area contributed by atoms with Crippen LogP contribution in [-0.4, -0.2) is 100 Å². The van der Waals surface area contributed by atoms with Crippen LogP contribution in [0, 0.1) is 0 Å². The van der Waals surface area contributed by atoms with Crippen LogP contribution in [0.25, 0.3) is 0 Å². The molecule has 4 aliphatic rings. The average Bonchev–Trinajstić information content (AvgIpc) is 3.59. The second kappa shape index (κ2) is 30.6. The van der Waals surface area contributed by atoms with Crippen molar-refractivity contribution in [2.24, 2.45) is 0 Å². The van der Waals surface area contributed by atoms with Crippen molar-refractivity contribution in [1.29, 1.82) is 0 Å². The molecule has 5 N–H and O–H groups in total. The summed E-state index contributed by atoms with van der Waals surface area (Å²) in [5.74, 6) is 0.0746. The van der Waals surface area contributed by atoms with Crippen molar-refractivity contribution in [3.8, 4) is 0 Å². The van der Waals surface area contributed by atoms with Gasteiger partial charge in [0, 0.05) is 44.0 Å². The van der Waals surface area contributed by atoms with Crippen LogP contribution < -0.4 is 16.0 Å². The Morgan fingerprint density at radius 1 is 0.544 bits per heavy atom. The van der Waals surface area contributed by atoms with Crippen molar-refractivity contribution in [3.05, 3.63) is 190 Å². The number of carbonyl (C=O) groups is 3. The number of ether oxygens (including phenoxy) is 2. The topological polar surface area (TPSA) is 175 Å². The number of piperidine rings is 2. The van der Waals surface area contributed by atoms with Gasteiger partial charge in [0.25, 0.3) is 0 Å². The highest BCUT2D eigenvalue weighted by atomic mass is 16.5. The number of likely N-dealkylation sites (tertiary alicyclic amines) is 1. The summed E-state index contributed by atoms with van der Waals surface area (Å²) >= 11 is 0. The molecule has 13 heteroatoms. The molecule has 13 nitrogen and oxygen atoms in total. The third kappa shape index (κ3) is 17.6. The predicted molar refractivity (Wildman–Crippen MR) is 312 cm³/mol. The number of hydrogen-bond donors (Lipinski definition) is 5. The van der Waals surface area contributed by atoms with Crippen molar-refractivity contribution in [1.82, 2.24) is 20.2 Å². The molecule has 4 aromatic carbocycles. The molecule has 2 saturated heterocycles. The number of anilines is 2. The summed E-state index contributed by atoms with van der Waals surface area (Å²) in [5.41, 5.74) is 6.32. The lowest BCUT2D eigenvalue weighted by molar-refractivity contribution is -0.157. The van der Waals surface area contributed by atoms with E-state index in [0.29, 0.717) is 45.2 Å². The van der Waals surface area contributed by atoms with Gasteiger partial charge in [0.2, 0.25) is 0 Å². The first-order valence-corrected chi connectivity index (χ1v) is 29.0. The van der Waals surface area contributed by atoms with Crippen LogP contribution in [0.15, 0.2) is 146 Å². The standard InChI is InChI=1S/C33H41N3O3.C20H23NO3.C13H18N2O/c37-32(39-25-26-11-4-1-5-12-26)30(27-13-6-2-7-14-27)33(38)19-23-36(24-20-33)22-9-3-8-16-29-18-17-28-15-10-21-34-31(28)35-29;22-19(24-15-16-7-3-1-4-8-16)18(17-9-5-2-6-10-17)20(23)11-13-21-14-12-20;16-10-3-1-2-6-12-8-7-11-5-4-9-14-13(11)15-12/h1-2,4-7,11-14,17-18,30,38H,3,8-10,15-16,19-25H2,(H,34,35);1-10,18,21,23H,11-15H2;7-8,10H,1-6,9H2,(H,14,15). The van der Waals surface area contributed by atoms with Gasteiger partial charge in [-0.15, -0.1) is 0 Å². The van der Waals surface area contributed by atoms with E-state index in [1.54, 1.807) is 0 Å². The molecule has 6 heterocycles. The minimum atomic E-state index is -1.11. The molecule has 10 rings (SSSR count). The summed E-state index contributed by atoms with van der Waals surface area (Å²) in [6.07, 6.45) is 15.9. The lowest BCUT2D eigenvalue weighted by atomic mass is 9.75. The Kier molecular flexibility index (Phi) is 22.6. The summed E-state index contributed by atoms with van der Waals surface area (Å²) in [6, 6.07) is 47.1. The van der Waals surface area contributed by atoms with E-state index in [-0.39, 0.29) is 25.2 Å². The van der Waals surface area contributed by atoms with E-state index < -0.39 is 23.0 Å². The normalized spacial score (nSPS) is 16.9. The van der Waals surface area contributed by atoms with Gasteiger partial charge in [0.05, 0.1) is 11.2 Å². The summed E-state index contributed by atoms with van der Waals surface area (Å²) in [6.45, 7) is 6.47. The molecule has 0 amide bonds. The predicted octanol–water partition coefficient (Wildman–Crippen LogP) is 10.5. The number of pyridine rings is 2. The first-order valence-electron chi connectivity index (χ1n) is 29.0. The summed E-state index contributed by atoms with van der Waals surface area (Å²) < 4.78 is 11.3. The maximum Gasteiger partial charge on any atom is 0.316 e. The molecular weight excluding hydrogens is 989 g/mol. The molecule has 0 radical (unpaired) electrons. The van der Waals surface area contributed by atoms with Crippen LogP contribution >= 0.6 is 0 Å². The van der Waals surface area contributed by atoms with Crippen LogP contribution in [0.4, 0.5) is 11.6 Å². The van der Waals surface area contributed by atoms with E-state index in [1.807, 2.05) is 121 Å². The van der Waals surface area contributed by atoms with Gasteiger partial charge < -0.3 is 45.3 Å². The summed E-state index contributed by atoms with van der Waals surface area (Å²) in [7, 11) is 0. The lowest BCUT2D eigenvalue weighted by Crippen LogP contribution is -2.50. The molecule has 0 saturated carbocycles. The zero-order valence-electron chi connectivity index (χ0n) is 46.0. The zero-order valence-corrected chi connectivity index (χ0v) is 46.0. The monoisotopic (exact) mass is 1070 g/mol. The van der Waals surface area contributed by atoms with Crippen molar-refractivity contribution >= 4 is 29.9 Å². The van der Waals surface area contributed by atoms with Crippen LogP contribution in [0.3, 0.4) is 0 Å². The molecule has 2 atom stereocenters. The number of aliphatic hydroxyl groups is 2. The Morgan fingerprint density at radius 3 is 1.46 bits per heavy atom. The first-order chi connectivity index (χ1) is 38.7. The second-order valence-electron chi connectivity index (χ2n) is 21.6. The highest BCUT2D eigenvalue weighted by molar-refractivity contribution is 5.80. The molecule has 0 spiro atoms. The van der Waals surface area contributed by atoms with Crippen molar-refractivity contribution in [2.45, 2.75) is 139 Å². The molecule has 79 heavy (non-hydrogen) atoms. The Hall–Kier alpha value is -6.77. The third-order valence-corrected chi connectivity index (χ3v) is 15.8. The van der Waals surface area contributed by atoms with Gasteiger partial charge in [0.1, 0.15) is 43.0 Å². The third-order valence-electron chi connectivity index (χ3n) is 15.8. The van der Waals surface area contributed by atoms with Gasteiger partial charge >= 0.3 is 11.9 Å². The van der Waals surface area contributed by atoms with Crippen LogP contribution in [0.1, 0.15) is 134 Å². The SMILES string of the molecule is O=C(OCc1ccccc1)C(c1ccccc1)C1(O)CCN(CCCCCc2ccc3c(n2)NCCC3)CC1.O=C(OCc1ccccc1)C(c1ccccc1)C1(O)CCNCC1.O=CCCCCc1ccc2c(n1)NCCC2. The van der Waals surface area contributed by atoms with Gasteiger partial charge in [-0.3, -0.25) is 9.59 Å². The Morgan fingerprint density at radius 2 is 0.987 bits per heavy atom. The molecule has 0 aliphatic carbocycles. The van der Waals surface area contributed by atoms with Gasteiger partial charge in [-0.1, -0.05) is 140 Å². The number of nitrogens with zero attached hydrogens (tertiary/aromatic N) is 3. The number of nitrogens with one attached hydrogen (secondary N) is 3. The number of benzene rings is 4. The quantitative estimate of drug-likeness (QED) is 0.0262. The van der Waals surface area contributed by atoms with Gasteiger partial charge in [-0.25, -0.2) is 9.97 Å². The zero-order chi connectivity index (χ0) is 55.0. The van der Waals surface area contributed by atoms with Crippen LogP contribution in [0.5, 0.6) is 0 Å².